The molecule has 1 saturated heterocycles. The van der Waals surface area contributed by atoms with Gasteiger partial charge in [0.15, 0.2) is 8.32 Å². The summed E-state index contributed by atoms with van der Waals surface area (Å²) >= 11 is 0. The van der Waals surface area contributed by atoms with Gasteiger partial charge in [-0.1, -0.05) is 54.2 Å². The number of allylic oxidation sites excluding steroid dienone is 1. The van der Waals surface area contributed by atoms with E-state index < -0.39 is 8.32 Å². The summed E-state index contributed by atoms with van der Waals surface area (Å²) in [4.78, 5) is 12.3. The summed E-state index contributed by atoms with van der Waals surface area (Å²) in [6.07, 6.45) is 8.19. The summed E-state index contributed by atoms with van der Waals surface area (Å²) in [5, 5.41) is 0.204. The van der Waals surface area contributed by atoms with Crippen molar-refractivity contribution in [2.45, 2.75) is 104 Å². The van der Waals surface area contributed by atoms with Gasteiger partial charge in [0.05, 0.1) is 6.10 Å². The minimum Gasteiger partial charge on any atom is -0.454 e. The summed E-state index contributed by atoms with van der Waals surface area (Å²) in [6.45, 7) is 23.3. The van der Waals surface area contributed by atoms with E-state index in [1.807, 2.05) is 0 Å². The molecular weight excluding hydrogens is 388 g/mol. The largest absolute Gasteiger partial charge is 0.454 e. The normalized spacial score (nSPS) is 40.8. The van der Waals surface area contributed by atoms with Crippen molar-refractivity contribution in [2.24, 2.45) is 28.6 Å². The molecule has 1 aliphatic heterocycles. The van der Waals surface area contributed by atoms with Crippen LogP contribution in [-0.4, -0.2) is 26.5 Å². The maximum Gasteiger partial charge on any atom is 0.334 e. The van der Waals surface area contributed by atoms with E-state index in [4.69, 9.17) is 9.16 Å². The zero-order chi connectivity index (χ0) is 22.3. The van der Waals surface area contributed by atoms with Crippen LogP contribution in [0.3, 0.4) is 0 Å². The molecule has 30 heavy (non-hydrogen) atoms. The van der Waals surface area contributed by atoms with Crippen molar-refractivity contribution in [1.82, 2.24) is 0 Å². The Bertz CT molecular complexity index is 787. The highest BCUT2D eigenvalue weighted by molar-refractivity contribution is 6.74. The minimum absolute atomic E-state index is 0.0833. The Hall–Kier alpha value is -0.873. The van der Waals surface area contributed by atoms with Crippen molar-refractivity contribution in [3.63, 3.8) is 0 Å². The highest BCUT2D eigenvalue weighted by atomic mass is 28.4. The van der Waals surface area contributed by atoms with Gasteiger partial charge in [-0.2, -0.15) is 0 Å². The molecule has 168 valence electrons. The Morgan fingerprint density at radius 1 is 1.17 bits per heavy atom. The summed E-state index contributed by atoms with van der Waals surface area (Å²) in [5.74, 6) is 1.03. The fraction of sp³-hybridized carbons (Fsp3) is 0.808. The second kappa shape index (κ2) is 6.81. The van der Waals surface area contributed by atoms with Crippen LogP contribution in [0.25, 0.3) is 0 Å². The first kappa shape index (κ1) is 22.3. The van der Waals surface area contributed by atoms with Crippen molar-refractivity contribution in [3.05, 3.63) is 23.8 Å². The predicted molar refractivity (Wildman–Crippen MR) is 125 cm³/mol. The molecule has 4 rings (SSSR count). The Labute approximate surface area is 184 Å². The Morgan fingerprint density at radius 2 is 1.83 bits per heavy atom. The molecule has 0 amide bonds. The Kier molecular flexibility index (Phi) is 5.07. The number of carbonyl (C=O) groups is 1. The van der Waals surface area contributed by atoms with E-state index in [-0.39, 0.29) is 34.5 Å². The lowest BCUT2D eigenvalue weighted by molar-refractivity contribution is -0.144. The lowest BCUT2D eigenvalue weighted by atomic mass is 9.45. The molecule has 0 N–H and O–H groups in total. The van der Waals surface area contributed by atoms with Gasteiger partial charge < -0.3 is 9.16 Å². The van der Waals surface area contributed by atoms with Gasteiger partial charge in [-0.05, 0) is 73.1 Å². The van der Waals surface area contributed by atoms with Crippen LogP contribution in [0.4, 0.5) is 0 Å². The third-order valence-corrected chi connectivity index (χ3v) is 14.3. The summed E-state index contributed by atoms with van der Waals surface area (Å²) in [5.41, 5.74) is 2.45. The van der Waals surface area contributed by atoms with Crippen LogP contribution in [-0.2, 0) is 14.0 Å². The monoisotopic (exact) mass is 430 g/mol. The fourth-order valence-corrected chi connectivity index (χ4v) is 8.38. The lowest BCUT2D eigenvalue weighted by Crippen LogP contribution is -2.61. The van der Waals surface area contributed by atoms with E-state index in [0.29, 0.717) is 22.8 Å². The van der Waals surface area contributed by atoms with Crippen LogP contribution in [0.2, 0.25) is 18.1 Å². The average Bonchev–Trinajstić information content (AvgIpc) is 2.91. The zero-order valence-corrected chi connectivity index (χ0v) is 21.4. The smallest absolute Gasteiger partial charge is 0.334 e. The van der Waals surface area contributed by atoms with Crippen LogP contribution in [0.5, 0.6) is 0 Å². The molecule has 0 unspecified atom stereocenters. The van der Waals surface area contributed by atoms with Gasteiger partial charge in [-0.3, -0.25) is 0 Å². The molecule has 0 bridgehead atoms. The molecule has 3 fully saturated rings. The molecule has 4 heteroatoms. The number of carbonyl (C=O) groups excluding carboxylic acids is 1. The zero-order valence-electron chi connectivity index (χ0n) is 20.4. The van der Waals surface area contributed by atoms with E-state index in [1.54, 1.807) is 0 Å². The summed E-state index contributed by atoms with van der Waals surface area (Å²) < 4.78 is 13.1. The van der Waals surface area contributed by atoms with Crippen LogP contribution in [0, 0.1) is 28.6 Å². The third-order valence-electron chi connectivity index (χ3n) is 9.83. The molecule has 0 aromatic carbocycles. The van der Waals surface area contributed by atoms with E-state index in [9.17, 15) is 4.79 Å². The molecule has 6 atom stereocenters. The van der Waals surface area contributed by atoms with Crippen molar-refractivity contribution in [3.8, 4) is 0 Å². The molecule has 0 radical (unpaired) electrons. The van der Waals surface area contributed by atoms with Gasteiger partial charge in [0.1, 0.15) is 6.10 Å². The highest BCUT2D eigenvalue weighted by Gasteiger charge is 2.62. The standard InChI is InChI=1S/C26H42O3Si/c1-16-17-10-12-19-18(22(17)28-23(16)27)11-13-20-25(5,6)15-14-21(26(19,20)7)29-30(8,9)24(2,3)4/h11,17,19-22H,1,10,12-15H2,2-9H3/t17-,19+,20+,21-,22+,26-/m0/s1. The van der Waals surface area contributed by atoms with Crippen molar-refractivity contribution in [1.29, 1.82) is 0 Å². The maximum absolute atomic E-state index is 12.3. The first-order valence-electron chi connectivity index (χ1n) is 12.0. The van der Waals surface area contributed by atoms with Crippen LogP contribution in [0.1, 0.15) is 73.6 Å². The van der Waals surface area contributed by atoms with E-state index in [2.05, 4.69) is 67.3 Å². The van der Waals surface area contributed by atoms with Crippen molar-refractivity contribution in [2.75, 3.05) is 0 Å². The van der Waals surface area contributed by atoms with Gasteiger partial charge in [-0.15, -0.1) is 0 Å². The van der Waals surface area contributed by atoms with Crippen LogP contribution >= 0.6 is 0 Å². The maximum atomic E-state index is 12.3. The van der Waals surface area contributed by atoms with E-state index in [0.717, 1.165) is 25.7 Å². The van der Waals surface area contributed by atoms with Crippen molar-refractivity contribution < 1.29 is 14.0 Å². The van der Waals surface area contributed by atoms with Gasteiger partial charge >= 0.3 is 5.97 Å². The van der Waals surface area contributed by atoms with Gasteiger partial charge in [0.25, 0.3) is 0 Å². The number of hydrogen-bond donors (Lipinski definition) is 0. The fourth-order valence-electron chi connectivity index (χ4n) is 6.94. The van der Waals surface area contributed by atoms with E-state index in [1.165, 1.54) is 12.0 Å². The number of fused-ring (bicyclic) bond motifs is 5. The van der Waals surface area contributed by atoms with Crippen LogP contribution in [0.15, 0.2) is 23.8 Å². The van der Waals surface area contributed by atoms with Gasteiger partial charge in [-0.25, -0.2) is 4.79 Å². The molecule has 3 aliphatic carbocycles. The number of rotatable bonds is 2. The Balaban J connectivity index is 1.74. The summed E-state index contributed by atoms with van der Waals surface area (Å²) in [7, 11) is -1.89. The van der Waals surface area contributed by atoms with Crippen LogP contribution < -0.4 is 0 Å². The molecule has 3 nitrogen and oxygen atoms in total. The molecule has 0 aromatic rings. The molecule has 4 aliphatic rings. The molecular formula is C26H42O3Si. The molecule has 0 spiro atoms. The summed E-state index contributed by atoms with van der Waals surface area (Å²) in [6, 6.07) is 0. The Morgan fingerprint density at radius 3 is 2.47 bits per heavy atom. The third kappa shape index (κ3) is 3.11. The van der Waals surface area contributed by atoms with Gasteiger partial charge in [0.2, 0.25) is 0 Å². The van der Waals surface area contributed by atoms with E-state index >= 15 is 0 Å². The first-order valence-corrected chi connectivity index (χ1v) is 14.9. The lowest BCUT2D eigenvalue weighted by Gasteiger charge is -2.63. The number of hydrogen-bond acceptors (Lipinski definition) is 3. The quantitative estimate of drug-likeness (QED) is 0.213. The number of esters is 1. The average molecular weight is 431 g/mol. The van der Waals surface area contributed by atoms with Crippen molar-refractivity contribution >= 4 is 14.3 Å². The topological polar surface area (TPSA) is 35.5 Å². The molecule has 1 heterocycles. The first-order chi connectivity index (χ1) is 13.7. The predicted octanol–water partition coefficient (Wildman–Crippen LogP) is 6.66. The van der Waals surface area contributed by atoms with Gasteiger partial charge in [0, 0.05) is 16.9 Å². The SMILES string of the molecule is C=C1C(=O)O[C@H]2C3=CC[C@@H]4C(C)(C)CC[C@H](O[Si](C)(C)C(C)(C)C)[C@@]4(C)[C@@H]3CC[C@@H]12. The molecule has 0 aromatic heterocycles. The second-order valence-corrected chi connectivity index (χ2v) is 17.6. The second-order valence-electron chi connectivity index (χ2n) is 12.8. The highest BCUT2D eigenvalue weighted by Crippen LogP contribution is 2.64. The number of ether oxygens (including phenoxy) is 1. The minimum atomic E-state index is -1.89. The molecule has 2 saturated carbocycles.